The minimum atomic E-state index is -4.72. The summed E-state index contributed by atoms with van der Waals surface area (Å²) in [5.74, 6) is -3.26. The van der Waals surface area contributed by atoms with Crippen LogP contribution in [0.2, 0.25) is 0 Å². The molecule has 0 amide bonds. The van der Waals surface area contributed by atoms with Gasteiger partial charge in [-0.2, -0.15) is 0 Å². The lowest BCUT2D eigenvalue weighted by molar-refractivity contribution is -0.385. The van der Waals surface area contributed by atoms with E-state index in [4.69, 9.17) is 9.47 Å². The minimum Gasteiger partial charge on any atom is -0.478 e. The second kappa shape index (κ2) is 11.1. The molecule has 0 fully saturated rings. The van der Waals surface area contributed by atoms with E-state index in [2.05, 4.69) is 0 Å². The topological polar surface area (TPSA) is 213 Å². The number of nitrogens with zero attached hydrogens (tertiary/aromatic N) is 2. The summed E-state index contributed by atoms with van der Waals surface area (Å²) in [6, 6.07) is 15.7. The van der Waals surface area contributed by atoms with Crippen LogP contribution in [-0.2, 0) is 9.84 Å². The van der Waals surface area contributed by atoms with E-state index >= 15 is 0 Å². The molecule has 4 aromatic carbocycles. The SMILES string of the molecule is O=C(O)c1cc(Oc2ccc([N+](=O)[O-])cc2)ccc1S(=O)(=O)c1ccc(Oc2ccc([N+](=O)[O-])cc2)cc1C(=O)O. The van der Waals surface area contributed by atoms with Crippen molar-refractivity contribution in [2.24, 2.45) is 0 Å². The number of non-ortho nitro benzene ring substituents is 2. The van der Waals surface area contributed by atoms with Crippen molar-refractivity contribution in [3.8, 4) is 23.0 Å². The number of rotatable bonds is 10. The Morgan fingerprint density at radius 1 is 0.585 bits per heavy atom. The average molecular weight is 580 g/mol. The molecule has 0 spiro atoms. The highest BCUT2D eigenvalue weighted by molar-refractivity contribution is 7.91. The number of benzene rings is 4. The first-order valence-electron chi connectivity index (χ1n) is 11.2. The van der Waals surface area contributed by atoms with Crippen molar-refractivity contribution >= 4 is 33.2 Å². The van der Waals surface area contributed by atoms with Gasteiger partial charge >= 0.3 is 11.9 Å². The molecule has 0 saturated heterocycles. The molecule has 0 heterocycles. The number of hydrogen-bond donors (Lipinski definition) is 2. The quantitative estimate of drug-likeness (QED) is 0.180. The number of ether oxygens (including phenoxy) is 2. The Hall–Kier alpha value is -5.83. The van der Waals surface area contributed by atoms with E-state index in [1.54, 1.807) is 0 Å². The van der Waals surface area contributed by atoms with Gasteiger partial charge in [-0.05, 0) is 60.7 Å². The zero-order chi connectivity index (χ0) is 29.9. The minimum absolute atomic E-state index is 0.0968. The van der Waals surface area contributed by atoms with Crippen molar-refractivity contribution in [2.45, 2.75) is 9.79 Å². The molecule has 4 aromatic rings. The smallest absolute Gasteiger partial charge is 0.337 e. The van der Waals surface area contributed by atoms with Crippen LogP contribution < -0.4 is 9.47 Å². The van der Waals surface area contributed by atoms with E-state index in [1.165, 1.54) is 24.3 Å². The third-order valence-corrected chi connectivity index (χ3v) is 7.38. The van der Waals surface area contributed by atoms with E-state index in [0.29, 0.717) is 0 Å². The molecule has 0 aliphatic carbocycles. The number of carbonyl (C=O) groups is 2. The molecule has 0 aromatic heterocycles. The van der Waals surface area contributed by atoms with Crippen molar-refractivity contribution in [3.63, 3.8) is 0 Å². The van der Waals surface area contributed by atoms with Gasteiger partial charge in [0.15, 0.2) is 0 Å². The maximum absolute atomic E-state index is 13.5. The Morgan fingerprint density at radius 2 is 0.902 bits per heavy atom. The van der Waals surface area contributed by atoms with Gasteiger partial charge in [0.05, 0.1) is 30.8 Å². The van der Waals surface area contributed by atoms with E-state index in [0.717, 1.165) is 60.7 Å². The van der Waals surface area contributed by atoms with Gasteiger partial charge in [-0.1, -0.05) is 0 Å². The Labute approximate surface area is 229 Å². The number of carboxylic acid groups (broad SMARTS) is 2. The molecule has 0 aliphatic heterocycles. The highest BCUT2D eigenvalue weighted by Crippen LogP contribution is 2.34. The molecule has 0 bridgehead atoms. The Balaban J connectivity index is 1.68. The van der Waals surface area contributed by atoms with Gasteiger partial charge in [-0.15, -0.1) is 0 Å². The summed E-state index contributed by atoms with van der Waals surface area (Å²) in [5.41, 5.74) is -1.84. The molecule has 15 heteroatoms. The van der Waals surface area contributed by atoms with Crippen LogP contribution in [0.5, 0.6) is 23.0 Å². The second-order valence-corrected chi connectivity index (χ2v) is 10.0. The highest BCUT2D eigenvalue weighted by Gasteiger charge is 2.30. The summed E-state index contributed by atoms with van der Waals surface area (Å²) >= 11 is 0. The molecule has 4 rings (SSSR count). The van der Waals surface area contributed by atoms with Gasteiger partial charge in [0.2, 0.25) is 9.84 Å². The van der Waals surface area contributed by atoms with Gasteiger partial charge in [-0.25, -0.2) is 18.0 Å². The van der Waals surface area contributed by atoms with E-state index < -0.39 is 52.5 Å². The van der Waals surface area contributed by atoms with Crippen LogP contribution in [0.4, 0.5) is 11.4 Å². The fraction of sp³-hybridized carbons (Fsp3) is 0. The molecule has 2 N–H and O–H groups in total. The monoisotopic (exact) mass is 580 g/mol. The normalized spacial score (nSPS) is 10.9. The molecular formula is C26H16N2O12S. The van der Waals surface area contributed by atoms with Crippen molar-refractivity contribution in [3.05, 3.63) is 116 Å². The van der Waals surface area contributed by atoms with Gasteiger partial charge < -0.3 is 19.7 Å². The summed E-state index contributed by atoms with van der Waals surface area (Å²) in [5, 5.41) is 41.1. The molecule has 208 valence electrons. The van der Waals surface area contributed by atoms with Crippen molar-refractivity contribution in [1.82, 2.24) is 0 Å². The fourth-order valence-corrected chi connectivity index (χ4v) is 5.21. The first kappa shape index (κ1) is 28.2. The molecule has 0 unspecified atom stereocenters. The van der Waals surface area contributed by atoms with Crippen molar-refractivity contribution in [1.29, 1.82) is 0 Å². The fourth-order valence-electron chi connectivity index (χ4n) is 3.61. The Morgan fingerprint density at radius 3 is 1.20 bits per heavy atom. The predicted molar refractivity (Wildman–Crippen MR) is 139 cm³/mol. The largest absolute Gasteiger partial charge is 0.478 e. The lowest BCUT2D eigenvalue weighted by atomic mass is 10.2. The second-order valence-electron chi connectivity index (χ2n) is 8.14. The zero-order valence-electron chi connectivity index (χ0n) is 20.4. The molecule has 41 heavy (non-hydrogen) atoms. The van der Waals surface area contributed by atoms with E-state index in [-0.39, 0.29) is 34.4 Å². The average Bonchev–Trinajstić information content (AvgIpc) is 2.93. The Kier molecular flexibility index (Phi) is 7.64. The zero-order valence-corrected chi connectivity index (χ0v) is 21.2. The van der Waals surface area contributed by atoms with E-state index in [1.807, 2.05) is 0 Å². The van der Waals surface area contributed by atoms with Gasteiger partial charge in [-0.3, -0.25) is 20.2 Å². The van der Waals surface area contributed by atoms with Crippen LogP contribution in [0, 0.1) is 20.2 Å². The first-order chi connectivity index (χ1) is 19.4. The van der Waals surface area contributed by atoms with Crippen LogP contribution in [-0.4, -0.2) is 40.4 Å². The third kappa shape index (κ3) is 6.10. The number of sulfone groups is 1. The van der Waals surface area contributed by atoms with E-state index in [9.17, 15) is 48.4 Å². The highest BCUT2D eigenvalue weighted by atomic mass is 32.2. The maximum atomic E-state index is 13.5. The summed E-state index contributed by atoms with van der Waals surface area (Å²) in [6.07, 6.45) is 0. The van der Waals surface area contributed by atoms with Crippen LogP contribution in [0.15, 0.2) is 94.7 Å². The molecular weight excluding hydrogens is 564 g/mol. The number of aromatic carboxylic acids is 2. The first-order valence-corrected chi connectivity index (χ1v) is 12.7. The third-order valence-electron chi connectivity index (χ3n) is 5.51. The summed E-state index contributed by atoms with van der Waals surface area (Å²) in [4.78, 5) is 42.9. The summed E-state index contributed by atoms with van der Waals surface area (Å²) < 4.78 is 38.0. The number of hydrogen-bond acceptors (Lipinski definition) is 10. The van der Waals surface area contributed by atoms with Crippen LogP contribution in [0.3, 0.4) is 0 Å². The molecule has 14 nitrogen and oxygen atoms in total. The standard InChI is InChI=1S/C26H16N2O12S/c29-25(30)21-13-19(39-17-5-1-15(2-6-17)27(33)34)9-11-23(21)41(37,38)24-12-10-20(14-22(24)26(31)32)40-18-7-3-16(4-8-18)28(35)36/h1-14H,(H,29,30)(H,31,32). The molecule has 0 saturated carbocycles. The lowest BCUT2D eigenvalue weighted by Gasteiger charge is -2.14. The molecule has 0 radical (unpaired) electrons. The van der Waals surface area contributed by atoms with Crippen molar-refractivity contribution < 1.29 is 47.5 Å². The molecule has 0 atom stereocenters. The molecule has 0 aliphatic rings. The maximum Gasteiger partial charge on any atom is 0.337 e. The number of nitro groups is 2. The number of carboxylic acids is 2. The van der Waals surface area contributed by atoms with Crippen molar-refractivity contribution in [2.75, 3.05) is 0 Å². The summed E-state index contributed by atoms with van der Waals surface area (Å²) in [6.45, 7) is 0. The predicted octanol–water partition coefficient (Wildman–Crippen LogP) is 5.32. The van der Waals surface area contributed by atoms with Gasteiger partial charge in [0.25, 0.3) is 11.4 Å². The van der Waals surface area contributed by atoms with Gasteiger partial charge in [0.1, 0.15) is 23.0 Å². The van der Waals surface area contributed by atoms with Crippen LogP contribution in [0.1, 0.15) is 20.7 Å². The van der Waals surface area contributed by atoms with Crippen LogP contribution >= 0.6 is 0 Å². The van der Waals surface area contributed by atoms with Crippen LogP contribution in [0.25, 0.3) is 0 Å². The summed E-state index contributed by atoms with van der Waals surface area (Å²) in [7, 11) is -4.72. The lowest BCUT2D eigenvalue weighted by Crippen LogP contribution is -2.13. The number of nitro benzene ring substituents is 2. The Bertz CT molecular complexity index is 1670. The van der Waals surface area contributed by atoms with Gasteiger partial charge in [0, 0.05) is 24.3 Å².